The second-order valence-electron chi connectivity index (χ2n) is 3.35. The molecule has 0 aromatic heterocycles. The first-order valence-corrected chi connectivity index (χ1v) is 6.55. The summed E-state index contributed by atoms with van der Waals surface area (Å²) in [6, 6.07) is 17.0. The van der Waals surface area contributed by atoms with Gasteiger partial charge < -0.3 is 9.59 Å². The summed E-state index contributed by atoms with van der Waals surface area (Å²) in [4.78, 5) is 24.2. The Bertz CT molecular complexity index is 390. The first-order valence-electron chi connectivity index (χ1n) is 4.73. The zero-order chi connectivity index (χ0) is 10.7. The molecule has 16 heavy (non-hydrogen) atoms. The van der Waals surface area contributed by atoms with Crippen LogP contribution in [0.25, 0.3) is 0 Å². The molecule has 0 aliphatic carbocycles. The summed E-state index contributed by atoms with van der Waals surface area (Å²) < 4.78 is 0. The van der Waals surface area contributed by atoms with E-state index in [0.29, 0.717) is 10.4 Å². The van der Waals surface area contributed by atoms with E-state index >= 15 is 0 Å². The zero-order valence-corrected chi connectivity index (χ0v) is 10.1. The van der Waals surface area contributed by atoms with Crippen molar-refractivity contribution in [2.45, 2.75) is 0 Å². The minimum absolute atomic E-state index is 0. The van der Waals surface area contributed by atoms with Crippen LogP contribution in [0.4, 0.5) is 0 Å². The predicted octanol–water partition coefficient (Wildman–Crippen LogP) is -4.03. The van der Waals surface area contributed by atoms with Crippen molar-refractivity contribution in [1.82, 2.24) is 0 Å². The molecule has 76 valence electrons. The summed E-state index contributed by atoms with van der Waals surface area (Å²) in [5.41, 5.74) is 0. The third kappa shape index (κ3) is 2.64. The van der Waals surface area contributed by atoms with E-state index in [1.165, 1.54) is 0 Å². The van der Waals surface area contributed by atoms with Crippen LogP contribution in [0.1, 0.15) is 0 Å². The van der Waals surface area contributed by atoms with Crippen molar-refractivity contribution < 1.29 is 28.5 Å². The molecule has 0 N–H and O–H groups in total. The third-order valence-corrected chi connectivity index (χ3v) is 4.49. The van der Waals surface area contributed by atoms with Gasteiger partial charge in [0, 0.05) is 0 Å². The molecule has 0 heterocycles. The molecule has 0 atom stereocenters. The number of hydrogen-bond acceptors (Lipinski definition) is 2. The predicted molar refractivity (Wildman–Crippen MR) is 57.9 cm³/mol. The molecule has 0 amide bonds. The van der Waals surface area contributed by atoms with Crippen LogP contribution in [0.3, 0.4) is 0 Å². The van der Waals surface area contributed by atoms with E-state index in [1.54, 1.807) is 60.7 Å². The molecular formula is C12H10LiO2Si-. The second-order valence-corrected chi connectivity index (χ2v) is 5.74. The largest absolute Gasteiger partial charge is 1.00 e. The summed E-state index contributed by atoms with van der Waals surface area (Å²) in [6.45, 7) is 0. The Morgan fingerprint density at radius 1 is 0.625 bits per heavy atom. The summed E-state index contributed by atoms with van der Waals surface area (Å²) in [5, 5.41) is 0.771. The molecule has 2 aromatic carbocycles. The van der Waals surface area contributed by atoms with Gasteiger partial charge in [-0.2, -0.15) is 0 Å². The fraction of sp³-hybridized carbons (Fsp3) is 0. The number of rotatable bonds is 2. The minimum Gasteiger partial charge on any atom is -0.863 e. The Balaban J connectivity index is 0.00000128. The van der Waals surface area contributed by atoms with Crippen LogP contribution in [0.15, 0.2) is 60.7 Å². The van der Waals surface area contributed by atoms with Gasteiger partial charge in [-0.05, 0) is 0 Å². The van der Waals surface area contributed by atoms with Crippen LogP contribution in [-0.4, -0.2) is 8.56 Å². The Morgan fingerprint density at radius 2 is 0.938 bits per heavy atom. The molecule has 2 aromatic rings. The number of hydrogen-bond donors (Lipinski definition) is 0. The van der Waals surface area contributed by atoms with E-state index in [-0.39, 0.29) is 18.9 Å². The van der Waals surface area contributed by atoms with E-state index in [0.717, 1.165) is 0 Å². The smallest absolute Gasteiger partial charge is 0.863 e. The van der Waals surface area contributed by atoms with Crippen LogP contribution >= 0.6 is 0 Å². The topological polar surface area (TPSA) is 46.1 Å². The van der Waals surface area contributed by atoms with Crippen LogP contribution in [0, 0.1) is 0 Å². The minimum atomic E-state index is -3.96. The maximum Gasteiger partial charge on any atom is 1.00 e. The van der Waals surface area contributed by atoms with Gasteiger partial charge in [0.25, 0.3) is 0 Å². The van der Waals surface area contributed by atoms with Crippen molar-refractivity contribution in [2.24, 2.45) is 0 Å². The van der Waals surface area contributed by atoms with Gasteiger partial charge in [0.05, 0.1) is 0 Å². The molecule has 0 aliphatic heterocycles. The summed E-state index contributed by atoms with van der Waals surface area (Å²) in [5.74, 6) is 0. The SMILES string of the molecule is [Li+].[O-][Si]([O-])(c1ccccc1)c1ccccc1. The van der Waals surface area contributed by atoms with Crippen LogP contribution < -0.4 is 38.8 Å². The molecule has 0 radical (unpaired) electrons. The van der Waals surface area contributed by atoms with Gasteiger partial charge in [-0.15, -0.1) is 0 Å². The van der Waals surface area contributed by atoms with Gasteiger partial charge in [0.2, 0.25) is 0 Å². The fourth-order valence-corrected chi connectivity index (χ4v) is 3.08. The van der Waals surface area contributed by atoms with E-state index < -0.39 is 8.56 Å². The molecule has 0 saturated carbocycles. The van der Waals surface area contributed by atoms with Gasteiger partial charge in [-0.1, -0.05) is 79.6 Å². The van der Waals surface area contributed by atoms with Gasteiger partial charge in [-0.25, -0.2) is 0 Å². The molecule has 4 heteroatoms. The Morgan fingerprint density at radius 3 is 1.25 bits per heavy atom. The molecule has 0 fully saturated rings. The van der Waals surface area contributed by atoms with Crippen molar-refractivity contribution in [3.63, 3.8) is 0 Å². The number of benzene rings is 2. The van der Waals surface area contributed by atoms with Gasteiger partial charge in [0.1, 0.15) is 0 Å². The molecule has 0 aliphatic rings. The van der Waals surface area contributed by atoms with Crippen LogP contribution in [0.2, 0.25) is 0 Å². The summed E-state index contributed by atoms with van der Waals surface area (Å²) >= 11 is 0. The van der Waals surface area contributed by atoms with Crippen molar-refractivity contribution in [2.75, 3.05) is 0 Å². The van der Waals surface area contributed by atoms with Gasteiger partial charge in [0.15, 0.2) is 0 Å². The van der Waals surface area contributed by atoms with Gasteiger partial charge >= 0.3 is 18.9 Å². The average molecular weight is 221 g/mol. The van der Waals surface area contributed by atoms with Crippen LogP contribution in [-0.2, 0) is 0 Å². The normalized spacial score (nSPS) is 10.6. The van der Waals surface area contributed by atoms with Crippen molar-refractivity contribution in [3.05, 3.63) is 60.7 Å². The van der Waals surface area contributed by atoms with E-state index in [9.17, 15) is 9.59 Å². The first kappa shape index (κ1) is 13.2. The van der Waals surface area contributed by atoms with E-state index in [4.69, 9.17) is 0 Å². The molecule has 2 nitrogen and oxygen atoms in total. The molecule has 0 bridgehead atoms. The van der Waals surface area contributed by atoms with E-state index in [2.05, 4.69) is 0 Å². The molecule has 0 spiro atoms. The quantitative estimate of drug-likeness (QED) is 0.485. The standard InChI is InChI=1S/C12H10O2Si.Li/c13-15(14,11-7-3-1-4-8-11)12-9-5-2-6-10-12;/h1-10H;/q-2;+1. The van der Waals surface area contributed by atoms with Crippen molar-refractivity contribution in [3.8, 4) is 0 Å². The first-order chi connectivity index (χ1) is 7.21. The maximum absolute atomic E-state index is 12.1. The Kier molecular flexibility index (Phi) is 4.54. The molecule has 0 saturated heterocycles. The second kappa shape index (κ2) is 5.49. The van der Waals surface area contributed by atoms with Crippen LogP contribution in [0.5, 0.6) is 0 Å². The van der Waals surface area contributed by atoms with Gasteiger partial charge in [-0.3, -0.25) is 0 Å². The van der Waals surface area contributed by atoms with Crippen molar-refractivity contribution in [1.29, 1.82) is 0 Å². The van der Waals surface area contributed by atoms with E-state index in [1.807, 2.05) is 0 Å². The Hall–Kier alpha value is -0.826. The maximum atomic E-state index is 12.1. The Labute approximate surface area is 108 Å². The fourth-order valence-electron chi connectivity index (χ4n) is 1.48. The molecular weight excluding hydrogens is 211 g/mol. The molecule has 0 unspecified atom stereocenters. The third-order valence-electron chi connectivity index (χ3n) is 2.31. The summed E-state index contributed by atoms with van der Waals surface area (Å²) in [6.07, 6.45) is 0. The zero-order valence-electron chi connectivity index (χ0n) is 9.09. The molecule has 2 rings (SSSR count). The average Bonchev–Trinajstić information content (AvgIpc) is 2.31. The van der Waals surface area contributed by atoms with Crippen molar-refractivity contribution >= 4 is 18.9 Å². The monoisotopic (exact) mass is 221 g/mol. The summed E-state index contributed by atoms with van der Waals surface area (Å²) in [7, 11) is -3.96.